The van der Waals surface area contributed by atoms with Gasteiger partial charge in [0.1, 0.15) is 11.0 Å². The second kappa shape index (κ2) is 13.9. The number of hydrogen-bond donors (Lipinski definition) is 2. The molecule has 0 spiro atoms. The van der Waals surface area contributed by atoms with E-state index in [0.717, 1.165) is 11.2 Å². The Morgan fingerprint density at radius 2 is 1.13 bits per heavy atom. The van der Waals surface area contributed by atoms with Crippen molar-refractivity contribution >= 4 is 74.7 Å². The number of halogens is 5. The highest BCUT2D eigenvalue weighted by Crippen LogP contribution is 2.28. The van der Waals surface area contributed by atoms with E-state index in [9.17, 15) is 0 Å². The van der Waals surface area contributed by atoms with E-state index in [4.69, 9.17) is 63.7 Å². The van der Waals surface area contributed by atoms with E-state index in [1.165, 1.54) is 11.1 Å². The summed E-state index contributed by atoms with van der Waals surface area (Å²) in [5.41, 5.74) is 10.1. The summed E-state index contributed by atoms with van der Waals surface area (Å²) in [7, 11) is 0. The van der Waals surface area contributed by atoms with Crippen molar-refractivity contribution in [1.82, 2.24) is 19.2 Å². The maximum atomic E-state index is 6.17. The van der Waals surface area contributed by atoms with E-state index in [0.29, 0.717) is 44.0 Å². The summed E-state index contributed by atoms with van der Waals surface area (Å²) in [6.45, 7) is 1.35. The zero-order valence-electron chi connectivity index (χ0n) is 20.4. The highest BCUT2D eigenvalue weighted by Gasteiger charge is 2.09. The van der Waals surface area contributed by atoms with E-state index < -0.39 is 0 Å². The van der Waals surface area contributed by atoms with Crippen LogP contribution < -0.4 is 11.1 Å². The fraction of sp³-hybridized carbons (Fsp3) is 0.0714. The first-order valence-corrected chi connectivity index (χ1v) is 13.6. The third kappa shape index (κ3) is 7.79. The zero-order valence-corrected chi connectivity index (χ0v) is 24.2. The molecule has 3 N–H and O–H groups in total. The number of nitrogens with one attached hydrogen (secondary N) is 1. The summed E-state index contributed by atoms with van der Waals surface area (Å²) >= 11 is 29.6. The first-order valence-electron chi connectivity index (χ1n) is 11.7. The molecule has 0 atom stereocenters. The lowest BCUT2D eigenvalue weighted by atomic mass is 10.2. The predicted octanol–water partition coefficient (Wildman–Crippen LogP) is 8.69. The van der Waals surface area contributed by atoms with Crippen LogP contribution in [0, 0.1) is 0 Å². The number of nitrogens with zero attached hydrogens (tertiary/aromatic N) is 4. The van der Waals surface area contributed by atoms with Gasteiger partial charge < -0.3 is 11.1 Å². The van der Waals surface area contributed by atoms with E-state index in [-0.39, 0.29) is 0 Å². The molecule has 0 radical (unpaired) electrons. The highest BCUT2D eigenvalue weighted by atomic mass is 35.5. The van der Waals surface area contributed by atoms with Gasteiger partial charge in [-0.15, -0.1) is 0 Å². The lowest BCUT2D eigenvalue weighted by molar-refractivity contribution is 0.939. The van der Waals surface area contributed by atoms with Gasteiger partial charge in [-0.25, -0.2) is 9.03 Å². The summed E-state index contributed by atoms with van der Waals surface area (Å²) in [4.78, 5) is 0. The van der Waals surface area contributed by atoms with Crippen LogP contribution in [0.1, 0.15) is 11.1 Å². The molecule has 6 aromatic rings. The molecule has 0 aliphatic rings. The van der Waals surface area contributed by atoms with Crippen LogP contribution >= 0.6 is 58.0 Å². The van der Waals surface area contributed by atoms with Crippen LogP contribution in [-0.2, 0) is 13.1 Å². The number of rotatable bonds is 4. The topological polar surface area (TPSA) is 72.6 Å². The Labute approximate surface area is 250 Å². The van der Waals surface area contributed by atoms with Crippen molar-refractivity contribution in [3.05, 3.63) is 134 Å². The van der Waals surface area contributed by atoms with Crippen molar-refractivity contribution in [3.8, 4) is 0 Å². The third-order valence-corrected chi connectivity index (χ3v) is 6.70. The SMILES string of the molecule is Clc1cc(Cl)c2c(Cl)ccn2n1.Clc1cc(NCc2ccccc2)c2c(Cl)ccn2n1.NCc1ccccc1. The van der Waals surface area contributed by atoms with Gasteiger partial charge in [0.15, 0.2) is 10.3 Å². The predicted molar refractivity (Wildman–Crippen MR) is 164 cm³/mol. The highest BCUT2D eigenvalue weighted by molar-refractivity contribution is 6.40. The molecule has 4 aromatic heterocycles. The monoisotopic (exact) mass is 618 g/mol. The molecule has 0 unspecified atom stereocenters. The molecule has 6 nitrogen and oxygen atoms in total. The van der Waals surface area contributed by atoms with Gasteiger partial charge in [0, 0.05) is 31.5 Å². The molecule has 11 heteroatoms. The summed E-state index contributed by atoms with van der Waals surface area (Å²) in [6.07, 6.45) is 3.49. The van der Waals surface area contributed by atoms with Crippen molar-refractivity contribution in [1.29, 1.82) is 0 Å². The van der Waals surface area contributed by atoms with Gasteiger partial charge in [0.2, 0.25) is 0 Å². The Kier molecular flexibility index (Phi) is 10.3. The van der Waals surface area contributed by atoms with E-state index in [1.807, 2.05) is 48.5 Å². The quantitative estimate of drug-likeness (QED) is 0.207. The molecule has 0 bridgehead atoms. The Balaban J connectivity index is 0.000000150. The van der Waals surface area contributed by atoms with Crippen LogP contribution in [0.2, 0.25) is 25.4 Å². The maximum Gasteiger partial charge on any atom is 0.152 e. The molecule has 2 aromatic carbocycles. The van der Waals surface area contributed by atoms with Crippen LogP contribution in [0.15, 0.2) is 97.3 Å². The molecule has 200 valence electrons. The second-order valence-corrected chi connectivity index (χ2v) is 10.1. The third-order valence-electron chi connectivity index (χ3n) is 5.44. The van der Waals surface area contributed by atoms with Crippen LogP contribution in [0.3, 0.4) is 0 Å². The van der Waals surface area contributed by atoms with Crippen LogP contribution in [0.25, 0.3) is 11.0 Å². The lowest BCUT2D eigenvalue weighted by Crippen LogP contribution is -2.02. The molecule has 4 heterocycles. The molecule has 0 aliphatic carbocycles. The van der Waals surface area contributed by atoms with Crippen LogP contribution in [-0.4, -0.2) is 19.2 Å². The van der Waals surface area contributed by atoms with Crippen LogP contribution in [0.4, 0.5) is 5.69 Å². The summed E-state index contributed by atoms with van der Waals surface area (Å²) < 4.78 is 3.23. The molecule has 0 aliphatic heterocycles. The first-order chi connectivity index (χ1) is 18.9. The molecular weight excluding hydrogens is 598 g/mol. The van der Waals surface area contributed by atoms with E-state index in [2.05, 4.69) is 27.6 Å². The Hall–Kier alpha value is -2.97. The fourth-order valence-corrected chi connectivity index (χ4v) is 4.87. The molecule has 39 heavy (non-hydrogen) atoms. The number of aromatic nitrogens is 4. The molecule has 0 fully saturated rings. The van der Waals surface area contributed by atoms with Crippen LogP contribution in [0.5, 0.6) is 0 Å². The number of hydrogen-bond acceptors (Lipinski definition) is 4. The normalized spacial score (nSPS) is 10.5. The minimum Gasteiger partial charge on any atom is -0.379 e. The zero-order chi connectivity index (χ0) is 27.8. The van der Waals surface area contributed by atoms with Gasteiger partial charge in [0.05, 0.1) is 20.8 Å². The van der Waals surface area contributed by atoms with Crippen molar-refractivity contribution in [2.75, 3.05) is 5.32 Å². The molecule has 0 saturated carbocycles. The Bertz CT molecular complexity index is 1650. The average molecular weight is 621 g/mol. The molecule has 0 amide bonds. The maximum absolute atomic E-state index is 6.17. The molecule has 6 rings (SSSR count). The summed E-state index contributed by atoms with van der Waals surface area (Å²) in [5.74, 6) is 0. The Morgan fingerprint density at radius 1 is 0.615 bits per heavy atom. The fourth-order valence-electron chi connectivity index (χ4n) is 3.61. The second-order valence-electron chi connectivity index (χ2n) is 8.14. The molecular formula is C28H23Cl5N6. The molecule has 0 saturated heterocycles. The minimum atomic E-state index is 0.347. The first kappa shape index (κ1) is 29.0. The standard InChI is InChI=1S/C14H11Cl2N3.C7H3Cl3N2.C7H9N/c15-11-6-7-19-14(11)12(8-13(16)18-19)17-9-10-4-2-1-3-5-10;8-4-1-2-12-7(4)5(9)3-6(10)11-12;8-6-7-4-2-1-3-5-7/h1-8,17H,9H2;1-3H;1-5H,6,8H2. The number of anilines is 1. The smallest absolute Gasteiger partial charge is 0.152 e. The minimum absolute atomic E-state index is 0.347. The van der Waals surface area contributed by atoms with Gasteiger partial charge in [-0.05, 0) is 29.3 Å². The largest absolute Gasteiger partial charge is 0.379 e. The lowest BCUT2D eigenvalue weighted by Gasteiger charge is -2.09. The summed E-state index contributed by atoms with van der Waals surface area (Å²) in [5, 5.41) is 14.0. The van der Waals surface area contributed by atoms with Gasteiger partial charge in [0.25, 0.3) is 0 Å². The van der Waals surface area contributed by atoms with E-state index >= 15 is 0 Å². The van der Waals surface area contributed by atoms with Crippen molar-refractivity contribution in [3.63, 3.8) is 0 Å². The van der Waals surface area contributed by atoms with Gasteiger partial charge in [-0.2, -0.15) is 10.2 Å². The average Bonchev–Trinajstić information content (AvgIpc) is 3.51. The van der Waals surface area contributed by atoms with Gasteiger partial charge in [-0.1, -0.05) is 119 Å². The Morgan fingerprint density at radius 3 is 1.69 bits per heavy atom. The summed E-state index contributed by atoms with van der Waals surface area (Å²) in [6, 6.07) is 27.0. The van der Waals surface area contributed by atoms with E-state index in [1.54, 1.807) is 45.7 Å². The number of benzene rings is 2. The number of fused-ring (bicyclic) bond motifs is 2. The van der Waals surface area contributed by atoms with Crippen molar-refractivity contribution in [2.45, 2.75) is 13.1 Å². The number of nitrogens with two attached hydrogens (primary N) is 1. The van der Waals surface area contributed by atoms with Crippen molar-refractivity contribution < 1.29 is 0 Å². The van der Waals surface area contributed by atoms with Gasteiger partial charge >= 0.3 is 0 Å². The van der Waals surface area contributed by atoms with Gasteiger partial charge in [-0.3, -0.25) is 0 Å². The van der Waals surface area contributed by atoms with Crippen molar-refractivity contribution in [2.24, 2.45) is 5.73 Å².